The van der Waals surface area contributed by atoms with E-state index in [4.69, 9.17) is 0 Å². The van der Waals surface area contributed by atoms with E-state index in [9.17, 15) is 19.1 Å². The number of hydrogen-bond acceptors (Lipinski definition) is 4. The van der Waals surface area contributed by atoms with Crippen LogP contribution in [-0.2, 0) is 6.54 Å². The van der Waals surface area contributed by atoms with Crippen molar-refractivity contribution in [3.8, 4) is 5.75 Å². The highest BCUT2D eigenvalue weighted by Gasteiger charge is 2.41. The maximum atomic E-state index is 13.4. The van der Waals surface area contributed by atoms with Gasteiger partial charge in [0.15, 0.2) is 5.75 Å². The number of carbonyl (C=O) groups is 2. The van der Waals surface area contributed by atoms with Crippen LogP contribution in [0.1, 0.15) is 37.4 Å². The molecule has 32 heavy (non-hydrogen) atoms. The first-order valence-electron chi connectivity index (χ1n) is 10.0. The Morgan fingerprint density at radius 2 is 1.59 bits per heavy atom. The Bertz CT molecular complexity index is 1400. The standard InChI is InChI=1S/C26H17FN2O3/c27-18-11-8-17(9-12-18)15-29-25(31)21-19(13-10-16-5-2-1-3-6-16)20-7-4-14-28-23(20)24(30)22(21)26(29)32/h1-14,30H,15H2. The van der Waals surface area contributed by atoms with E-state index in [1.54, 1.807) is 18.2 Å². The van der Waals surface area contributed by atoms with Gasteiger partial charge in [0, 0.05) is 11.6 Å². The molecule has 0 unspecified atom stereocenters. The molecule has 4 aromatic rings. The maximum Gasteiger partial charge on any atom is 0.265 e. The van der Waals surface area contributed by atoms with Crippen molar-refractivity contribution in [2.45, 2.75) is 6.54 Å². The monoisotopic (exact) mass is 424 g/mol. The minimum atomic E-state index is -0.603. The zero-order chi connectivity index (χ0) is 22.2. The van der Waals surface area contributed by atoms with Crippen LogP contribution in [0.25, 0.3) is 23.1 Å². The lowest BCUT2D eigenvalue weighted by molar-refractivity contribution is 0.0641. The predicted molar refractivity (Wildman–Crippen MR) is 119 cm³/mol. The molecule has 3 aromatic carbocycles. The average molecular weight is 424 g/mol. The molecule has 1 aliphatic heterocycles. The Kier molecular flexibility index (Phi) is 4.75. The molecule has 5 rings (SSSR count). The molecule has 0 atom stereocenters. The van der Waals surface area contributed by atoms with Gasteiger partial charge in [-0.2, -0.15) is 0 Å². The summed E-state index contributed by atoms with van der Waals surface area (Å²) in [5.41, 5.74) is 2.38. The summed E-state index contributed by atoms with van der Waals surface area (Å²) in [6, 6.07) is 18.6. The fourth-order valence-electron chi connectivity index (χ4n) is 3.94. The summed E-state index contributed by atoms with van der Waals surface area (Å²) in [6.07, 6.45) is 5.14. The SMILES string of the molecule is O=C1c2c(c(O)c3ncccc3c2C=Cc2ccccc2)C(=O)N1Cc1ccc(F)cc1. The Hall–Kier alpha value is -4.32. The van der Waals surface area contributed by atoms with Crippen molar-refractivity contribution in [2.75, 3.05) is 0 Å². The molecule has 0 spiro atoms. The van der Waals surface area contributed by atoms with Crippen LogP contribution in [0.4, 0.5) is 4.39 Å². The molecule has 0 saturated heterocycles. The summed E-state index contributed by atoms with van der Waals surface area (Å²) < 4.78 is 13.3. The average Bonchev–Trinajstić information content (AvgIpc) is 3.06. The van der Waals surface area contributed by atoms with Gasteiger partial charge in [0.1, 0.15) is 11.3 Å². The summed E-state index contributed by atoms with van der Waals surface area (Å²) in [4.78, 5) is 31.9. The Balaban J connectivity index is 1.66. The number of pyridine rings is 1. The molecule has 0 aliphatic carbocycles. The second-order valence-electron chi connectivity index (χ2n) is 7.48. The molecule has 156 valence electrons. The third-order valence-electron chi connectivity index (χ3n) is 5.49. The third-order valence-corrected chi connectivity index (χ3v) is 5.49. The van der Waals surface area contributed by atoms with Crippen molar-refractivity contribution >= 4 is 34.9 Å². The van der Waals surface area contributed by atoms with Crippen LogP contribution < -0.4 is 0 Å². The van der Waals surface area contributed by atoms with E-state index in [0.717, 1.165) is 10.5 Å². The highest BCUT2D eigenvalue weighted by Crippen LogP contribution is 2.40. The number of phenolic OH excluding ortho intramolecular Hbond substituents is 1. The van der Waals surface area contributed by atoms with E-state index in [1.807, 2.05) is 36.4 Å². The van der Waals surface area contributed by atoms with Gasteiger partial charge in [0.25, 0.3) is 11.8 Å². The van der Waals surface area contributed by atoms with Gasteiger partial charge in [0.05, 0.1) is 17.7 Å². The van der Waals surface area contributed by atoms with E-state index in [2.05, 4.69) is 4.98 Å². The Morgan fingerprint density at radius 3 is 2.34 bits per heavy atom. The quantitative estimate of drug-likeness (QED) is 0.368. The first kappa shape index (κ1) is 19.6. The van der Waals surface area contributed by atoms with Crippen molar-refractivity contribution in [1.82, 2.24) is 9.88 Å². The predicted octanol–water partition coefficient (Wildman–Crippen LogP) is 5.05. The first-order chi connectivity index (χ1) is 15.5. The van der Waals surface area contributed by atoms with Gasteiger partial charge in [0.2, 0.25) is 0 Å². The zero-order valence-electron chi connectivity index (χ0n) is 16.8. The summed E-state index contributed by atoms with van der Waals surface area (Å²) in [5, 5.41) is 11.4. The Morgan fingerprint density at radius 1 is 0.875 bits per heavy atom. The lowest BCUT2D eigenvalue weighted by Gasteiger charge is -2.13. The number of aromatic nitrogens is 1. The van der Waals surface area contributed by atoms with Crippen molar-refractivity contribution in [2.24, 2.45) is 0 Å². The fraction of sp³-hybridized carbons (Fsp3) is 0.0385. The smallest absolute Gasteiger partial charge is 0.265 e. The summed E-state index contributed by atoms with van der Waals surface area (Å²) in [7, 11) is 0. The molecule has 1 aromatic heterocycles. The second-order valence-corrected chi connectivity index (χ2v) is 7.48. The van der Waals surface area contributed by atoms with E-state index in [1.165, 1.54) is 30.5 Å². The zero-order valence-corrected chi connectivity index (χ0v) is 16.8. The van der Waals surface area contributed by atoms with Crippen molar-refractivity contribution in [1.29, 1.82) is 0 Å². The number of aromatic hydroxyl groups is 1. The molecule has 0 radical (unpaired) electrons. The fourth-order valence-corrected chi connectivity index (χ4v) is 3.94. The van der Waals surface area contributed by atoms with Crippen LogP contribution >= 0.6 is 0 Å². The molecular weight excluding hydrogens is 407 g/mol. The van der Waals surface area contributed by atoms with Crippen LogP contribution in [-0.4, -0.2) is 26.8 Å². The number of phenols is 1. The maximum absolute atomic E-state index is 13.4. The van der Waals surface area contributed by atoms with Crippen LogP contribution in [0.15, 0.2) is 72.9 Å². The van der Waals surface area contributed by atoms with Crippen LogP contribution in [0, 0.1) is 5.82 Å². The van der Waals surface area contributed by atoms with Gasteiger partial charge in [-0.3, -0.25) is 19.5 Å². The molecule has 6 heteroatoms. The first-order valence-corrected chi connectivity index (χ1v) is 10.0. The van der Waals surface area contributed by atoms with Gasteiger partial charge < -0.3 is 5.11 Å². The van der Waals surface area contributed by atoms with Gasteiger partial charge in [-0.25, -0.2) is 4.39 Å². The Labute approximate surface area is 183 Å². The second kappa shape index (κ2) is 7.74. The summed E-state index contributed by atoms with van der Waals surface area (Å²) in [6.45, 7) is -0.0301. The van der Waals surface area contributed by atoms with Gasteiger partial charge in [-0.1, -0.05) is 60.7 Å². The number of amides is 2. The molecule has 0 fully saturated rings. The highest BCUT2D eigenvalue weighted by molar-refractivity contribution is 6.27. The molecule has 0 bridgehead atoms. The van der Waals surface area contributed by atoms with Crippen LogP contribution in [0.2, 0.25) is 0 Å². The number of hydrogen-bond donors (Lipinski definition) is 1. The van der Waals surface area contributed by atoms with Crippen molar-refractivity contribution in [3.05, 3.63) is 107 Å². The number of imide groups is 1. The number of nitrogens with zero attached hydrogens (tertiary/aromatic N) is 2. The van der Waals surface area contributed by atoms with Gasteiger partial charge in [-0.05, 0) is 34.9 Å². The van der Waals surface area contributed by atoms with E-state index >= 15 is 0 Å². The molecule has 1 N–H and O–H groups in total. The number of rotatable bonds is 4. The van der Waals surface area contributed by atoms with E-state index in [-0.39, 0.29) is 28.9 Å². The molecule has 2 amide bonds. The lowest BCUT2D eigenvalue weighted by Crippen LogP contribution is -2.29. The topological polar surface area (TPSA) is 70.5 Å². The van der Waals surface area contributed by atoms with Crippen molar-refractivity contribution < 1.29 is 19.1 Å². The van der Waals surface area contributed by atoms with E-state index < -0.39 is 17.6 Å². The molecule has 0 saturated carbocycles. The minimum Gasteiger partial charge on any atom is -0.505 e. The molecule has 5 nitrogen and oxygen atoms in total. The van der Waals surface area contributed by atoms with Crippen LogP contribution in [0.3, 0.4) is 0 Å². The van der Waals surface area contributed by atoms with Gasteiger partial charge in [-0.15, -0.1) is 0 Å². The normalized spacial score (nSPS) is 13.3. The molecule has 2 heterocycles. The van der Waals surface area contributed by atoms with Crippen molar-refractivity contribution in [3.63, 3.8) is 0 Å². The number of benzene rings is 3. The minimum absolute atomic E-state index is 0.0301. The number of carbonyl (C=O) groups excluding carboxylic acids is 2. The van der Waals surface area contributed by atoms with Gasteiger partial charge >= 0.3 is 0 Å². The summed E-state index contributed by atoms with van der Waals surface area (Å²) in [5.74, 6) is -1.83. The largest absolute Gasteiger partial charge is 0.505 e. The lowest BCUT2D eigenvalue weighted by atomic mass is 9.95. The number of halogens is 1. The van der Waals surface area contributed by atoms with E-state index in [0.29, 0.717) is 16.5 Å². The molecular formula is C26H17FN2O3. The number of fused-ring (bicyclic) bond motifs is 2. The third kappa shape index (κ3) is 3.22. The molecule has 1 aliphatic rings. The summed E-state index contributed by atoms with van der Waals surface area (Å²) >= 11 is 0. The van der Waals surface area contributed by atoms with Crippen LogP contribution in [0.5, 0.6) is 5.75 Å². The highest BCUT2D eigenvalue weighted by atomic mass is 19.1.